The molecule has 0 spiro atoms. The van der Waals surface area contributed by atoms with Gasteiger partial charge in [-0.1, -0.05) is 6.92 Å². The van der Waals surface area contributed by atoms with E-state index in [0.29, 0.717) is 19.6 Å². The van der Waals surface area contributed by atoms with E-state index >= 15 is 0 Å². The van der Waals surface area contributed by atoms with Crippen molar-refractivity contribution in [1.82, 2.24) is 14.9 Å². The fourth-order valence-corrected chi connectivity index (χ4v) is 2.39. The normalized spacial score (nSPS) is 23.4. The number of carbonyl (C=O) groups is 1. The average molecular weight is 251 g/mol. The van der Waals surface area contributed by atoms with Gasteiger partial charge in [-0.05, 0) is 13.5 Å². The molecule has 1 aromatic heterocycles. The highest BCUT2D eigenvalue weighted by Crippen LogP contribution is 2.16. The van der Waals surface area contributed by atoms with Crippen molar-refractivity contribution < 1.29 is 9.53 Å². The molecule has 1 aliphatic rings. The van der Waals surface area contributed by atoms with Gasteiger partial charge in [-0.2, -0.15) is 0 Å². The molecule has 0 aliphatic carbocycles. The second-order valence-corrected chi connectivity index (χ2v) is 4.72. The van der Waals surface area contributed by atoms with E-state index in [4.69, 9.17) is 4.74 Å². The Kier molecular flexibility index (Phi) is 4.49. The maximum Gasteiger partial charge on any atom is 0.147 e. The number of imidazole rings is 1. The van der Waals surface area contributed by atoms with Crippen LogP contribution in [0.25, 0.3) is 0 Å². The predicted octanol–water partition coefficient (Wildman–Crippen LogP) is 0.639. The quantitative estimate of drug-likeness (QED) is 0.806. The third-order valence-electron chi connectivity index (χ3n) is 3.46. The molecule has 5 heteroatoms. The standard InChI is InChI=1S/C13H21N3O2/c1-3-5-16-6-4-15-13(16)7-12(17)10-8-18-9-11(10)14-2/h4,6,10-11,14H,3,5,7-9H2,1-2H3. The zero-order valence-electron chi connectivity index (χ0n) is 11.1. The number of ether oxygens (including phenoxy) is 1. The molecule has 1 aromatic rings. The zero-order chi connectivity index (χ0) is 13.0. The van der Waals surface area contributed by atoms with E-state index in [-0.39, 0.29) is 17.7 Å². The van der Waals surface area contributed by atoms with E-state index < -0.39 is 0 Å². The first-order chi connectivity index (χ1) is 8.76. The number of aromatic nitrogens is 2. The van der Waals surface area contributed by atoms with Crippen molar-refractivity contribution in [1.29, 1.82) is 0 Å². The van der Waals surface area contributed by atoms with Crippen LogP contribution in [0.5, 0.6) is 0 Å². The number of rotatable bonds is 6. The summed E-state index contributed by atoms with van der Waals surface area (Å²) < 4.78 is 7.43. The lowest BCUT2D eigenvalue weighted by Gasteiger charge is -2.15. The van der Waals surface area contributed by atoms with E-state index in [1.54, 1.807) is 6.20 Å². The summed E-state index contributed by atoms with van der Waals surface area (Å²) in [6.45, 7) is 4.18. The molecule has 2 rings (SSSR count). The maximum atomic E-state index is 12.3. The number of nitrogens with one attached hydrogen (secondary N) is 1. The minimum absolute atomic E-state index is 0.0400. The second-order valence-electron chi connectivity index (χ2n) is 4.72. The van der Waals surface area contributed by atoms with Crippen LogP contribution in [-0.4, -0.2) is 41.6 Å². The lowest BCUT2D eigenvalue weighted by atomic mass is 9.96. The molecule has 1 N–H and O–H groups in total. The fourth-order valence-electron chi connectivity index (χ4n) is 2.39. The first-order valence-corrected chi connectivity index (χ1v) is 6.54. The molecule has 0 aromatic carbocycles. The van der Waals surface area contributed by atoms with Gasteiger partial charge in [0.05, 0.1) is 25.6 Å². The number of nitrogens with zero attached hydrogens (tertiary/aromatic N) is 2. The third kappa shape index (κ3) is 2.79. The van der Waals surface area contributed by atoms with Crippen molar-refractivity contribution in [3.8, 4) is 0 Å². The first kappa shape index (κ1) is 13.2. The number of carbonyl (C=O) groups excluding carboxylic acids is 1. The summed E-state index contributed by atoms with van der Waals surface area (Å²) in [7, 11) is 1.87. The number of likely N-dealkylation sites (N-methyl/N-ethyl adjacent to an activating group) is 1. The molecule has 0 saturated carbocycles. The largest absolute Gasteiger partial charge is 0.379 e. The number of Topliss-reactive ketones (excluding diaryl/α,β-unsaturated/α-hetero) is 1. The Morgan fingerprint density at radius 2 is 2.44 bits per heavy atom. The van der Waals surface area contributed by atoms with Crippen molar-refractivity contribution in [2.75, 3.05) is 20.3 Å². The van der Waals surface area contributed by atoms with Crippen LogP contribution >= 0.6 is 0 Å². The monoisotopic (exact) mass is 251 g/mol. The van der Waals surface area contributed by atoms with Crippen LogP contribution in [0.1, 0.15) is 19.2 Å². The molecule has 1 fully saturated rings. The molecule has 2 atom stereocenters. The molecule has 1 saturated heterocycles. The Hall–Kier alpha value is -1.20. The highest BCUT2D eigenvalue weighted by Gasteiger charge is 2.33. The van der Waals surface area contributed by atoms with Crippen LogP contribution < -0.4 is 5.32 Å². The zero-order valence-corrected chi connectivity index (χ0v) is 11.1. The molecule has 100 valence electrons. The second kappa shape index (κ2) is 6.11. The summed E-state index contributed by atoms with van der Waals surface area (Å²) in [4.78, 5) is 16.5. The van der Waals surface area contributed by atoms with Crippen LogP contribution in [0.15, 0.2) is 12.4 Å². The number of aryl methyl sites for hydroxylation is 1. The Bertz CT molecular complexity index is 403. The van der Waals surface area contributed by atoms with Gasteiger partial charge >= 0.3 is 0 Å². The summed E-state index contributed by atoms with van der Waals surface area (Å²) in [6, 6.07) is 0.145. The Balaban J connectivity index is 2.00. The Morgan fingerprint density at radius 1 is 1.61 bits per heavy atom. The SMILES string of the molecule is CCCn1ccnc1CC(=O)C1COCC1NC. The summed E-state index contributed by atoms with van der Waals surface area (Å²) in [5.41, 5.74) is 0. The molecular formula is C13H21N3O2. The summed E-state index contributed by atoms with van der Waals surface area (Å²) in [5, 5.41) is 3.14. The van der Waals surface area contributed by atoms with Crippen molar-refractivity contribution in [3.05, 3.63) is 18.2 Å². The van der Waals surface area contributed by atoms with Crippen molar-refractivity contribution in [3.63, 3.8) is 0 Å². The van der Waals surface area contributed by atoms with Gasteiger partial charge in [0.15, 0.2) is 0 Å². The van der Waals surface area contributed by atoms with Crippen LogP contribution in [-0.2, 0) is 22.5 Å². The molecule has 0 amide bonds. The van der Waals surface area contributed by atoms with Crippen LogP contribution in [0.4, 0.5) is 0 Å². The summed E-state index contributed by atoms with van der Waals surface area (Å²) in [5.74, 6) is 1.04. The number of hydrogen-bond acceptors (Lipinski definition) is 4. The van der Waals surface area contributed by atoms with E-state index in [1.807, 2.05) is 13.2 Å². The van der Waals surface area contributed by atoms with Gasteiger partial charge in [0.25, 0.3) is 0 Å². The minimum atomic E-state index is -0.0400. The fraction of sp³-hybridized carbons (Fsp3) is 0.692. The van der Waals surface area contributed by atoms with Crippen molar-refractivity contribution in [2.45, 2.75) is 32.4 Å². The van der Waals surface area contributed by atoms with E-state index in [1.165, 1.54) is 0 Å². The van der Waals surface area contributed by atoms with Gasteiger partial charge in [0, 0.05) is 25.0 Å². The molecule has 2 unspecified atom stereocenters. The van der Waals surface area contributed by atoms with Crippen molar-refractivity contribution >= 4 is 5.78 Å². The molecule has 1 aliphatic heterocycles. The lowest BCUT2D eigenvalue weighted by molar-refractivity contribution is -0.122. The molecule has 2 heterocycles. The molecule has 5 nitrogen and oxygen atoms in total. The van der Waals surface area contributed by atoms with Gasteiger partial charge in [-0.25, -0.2) is 4.98 Å². The van der Waals surface area contributed by atoms with E-state index in [9.17, 15) is 4.79 Å². The number of ketones is 1. The minimum Gasteiger partial charge on any atom is -0.379 e. The highest BCUT2D eigenvalue weighted by atomic mass is 16.5. The summed E-state index contributed by atoms with van der Waals surface area (Å²) >= 11 is 0. The van der Waals surface area contributed by atoms with Gasteiger partial charge < -0.3 is 14.6 Å². The number of hydrogen-bond donors (Lipinski definition) is 1. The molecule has 0 bridgehead atoms. The Morgan fingerprint density at radius 3 is 3.17 bits per heavy atom. The van der Waals surface area contributed by atoms with Gasteiger partial charge in [-0.15, -0.1) is 0 Å². The predicted molar refractivity (Wildman–Crippen MR) is 68.4 cm³/mol. The van der Waals surface area contributed by atoms with Gasteiger partial charge in [0.1, 0.15) is 11.6 Å². The average Bonchev–Trinajstić information content (AvgIpc) is 2.98. The van der Waals surface area contributed by atoms with Crippen LogP contribution in [0.2, 0.25) is 0 Å². The van der Waals surface area contributed by atoms with Crippen LogP contribution in [0, 0.1) is 5.92 Å². The first-order valence-electron chi connectivity index (χ1n) is 6.54. The molecule has 18 heavy (non-hydrogen) atoms. The van der Waals surface area contributed by atoms with Crippen molar-refractivity contribution in [2.24, 2.45) is 5.92 Å². The maximum absolute atomic E-state index is 12.3. The summed E-state index contributed by atoms with van der Waals surface area (Å²) in [6.07, 6.45) is 5.15. The van der Waals surface area contributed by atoms with Gasteiger partial charge in [-0.3, -0.25) is 4.79 Å². The lowest BCUT2D eigenvalue weighted by Crippen LogP contribution is -2.37. The van der Waals surface area contributed by atoms with E-state index in [0.717, 1.165) is 18.8 Å². The Labute approximate surface area is 108 Å². The smallest absolute Gasteiger partial charge is 0.147 e. The topological polar surface area (TPSA) is 56.2 Å². The van der Waals surface area contributed by atoms with Gasteiger partial charge in [0.2, 0.25) is 0 Å². The highest BCUT2D eigenvalue weighted by molar-refractivity contribution is 5.83. The molecular weight excluding hydrogens is 230 g/mol. The molecule has 0 radical (unpaired) electrons. The van der Waals surface area contributed by atoms with E-state index in [2.05, 4.69) is 21.8 Å². The van der Waals surface area contributed by atoms with Crippen LogP contribution in [0.3, 0.4) is 0 Å². The third-order valence-corrected chi connectivity index (χ3v) is 3.46.